The van der Waals surface area contributed by atoms with E-state index in [4.69, 9.17) is 22.3 Å². The predicted molar refractivity (Wildman–Crippen MR) is 190 cm³/mol. The summed E-state index contributed by atoms with van der Waals surface area (Å²) in [7, 11) is 0. The third kappa shape index (κ3) is 18.3. The number of guanidine groups is 1. The van der Waals surface area contributed by atoms with Crippen molar-refractivity contribution in [2.45, 2.75) is 117 Å². The van der Waals surface area contributed by atoms with Crippen LogP contribution in [-0.2, 0) is 38.4 Å². The molecule has 7 atom stereocenters. The number of carboxylic acids is 2. The second-order valence-corrected chi connectivity index (χ2v) is 13.3. The second-order valence-electron chi connectivity index (χ2n) is 13.3. The van der Waals surface area contributed by atoms with E-state index in [1.54, 1.807) is 20.8 Å². The first-order valence-corrected chi connectivity index (χ1v) is 17.1. The van der Waals surface area contributed by atoms with Crippen LogP contribution in [-0.4, -0.2) is 113 Å². The molecule has 52 heavy (non-hydrogen) atoms. The van der Waals surface area contributed by atoms with Crippen LogP contribution in [0.5, 0.6) is 0 Å². The Morgan fingerprint density at radius 3 is 1.79 bits per heavy atom. The first-order valence-electron chi connectivity index (χ1n) is 17.1. The van der Waals surface area contributed by atoms with Crippen LogP contribution in [0.15, 0.2) is 4.99 Å². The molecule has 0 spiro atoms. The normalized spacial score (nSPS) is 15.0. The van der Waals surface area contributed by atoms with E-state index < -0.39 is 103 Å². The first-order chi connectivity index (χ1) is 24.1. The number of hydrogen-bond acceptors (Lipinski definition) is 10. The van der Waals surface area contributed by atoms with Gasteiger partial charge in [0.15, 0.2) is 5.96 Å². The summed E-state index contributed by atoms with van der Waals surface area (Å²) >= 11 is 0. The quantitative estimate of drug-likeness (QED) is 0.0271. The Kier molecular flexibility index (Phi) is 21.2. The number of carbonyl (C=O) groups is 8. The Bertz CT molecular complexity index is 1290. The molecule has 0 radical (unpaired) electrons. The molecule has 20 nitrogen and oxygen atoms in total. The van der Waals surface area contributed by atoms with Crippen molar-refractivity contribution in [3.8, 4) is 0 Å². The standard InChI is InChI=1S/C32H58N10O10/c1-8-17(6)24(33)29(49)41-20(12-15(2)3)26(46)37-14-22(43)39-19(10-9-11-36-32(34)35)27(47)40-21(13-23(44)45)28(48)42-25(16(4)5)30(50)38-18(7)31(51)52/h15-21,24-25H,8-14,33H2,1-7H3,(H,37,46)(H,38,50)(H,39,43)(H,40,47)(H,41,49)(H,42,48)(H,44,45)(H,51,52)(H4,34,35,36)/t17-,18-,19-,20-,21-,24-,25-/m0/s1. The summed E-state index contributed by atoms with van der Waals surface area (Å²) in [6.07, 6.45) is 0.0287. The number of rotatable bonds is 24. The van der Waals surface area contributed by atoms with Crippen LogP contribution in [0.25, 0.3) is 0 Å². The average Bonchev–Trinajstić information content (AvgIpc) is 3.04. The summed E-state index contributed by atoms with van der Waals surface area (Å²) in [5.74, 6) is -8.65. The van der Waals surface area contributed by atoms with E-state index in [0.717, 1.165) is 0 Å². The van der Waals surface area contributed by atoms with Crippen molar-refractivity contribution in [3.63, 3.8) is 0 Å². The molecular formula is C32H58N10O10. The van der Waals surface area contributed by atoms with E-state index in [0.29, 0.717) is 6.42 Å². The number of hydrogen-bond donors (Lipinski definition) is 11. The second kappa shape index (κ2) is 23.5. The molecular weight excluding hydrogens is 684 g/mol. The van der Waals surface area contributed by atoms with Crippen LogP contribution in [0, 0.1) is 17.8 Å². The van der Waals surface area contributed by atoms with Gasteiger partial charge in [0.25, 0.3) is 0 Å². The fraction of sp³-hybridized carbons (Fsp3) is 0.719. The number of carbonyl (C=O) groups excluding carboxylic acids is 6. The van der Waals surface area contributed by atoms with Crippen molar-refractivity contribution in [2.75, 3.05) is 13.1 Å². The van der Waals surface area contributed by atoms with Crippen LogP contribution in [0.1, 0.15) is 80.6 Å². The summed E-state index contributed by atoms with van der Waals surface area (Å²) in [5.41, 5.74) is 16.7. The fourth-order valence-electron chi connectivity index (χ4n) is 4.60. The molecule has 0 aromatic rings. The lowest BCUT2D eigenvalue weighted by atomic mass is 9.97. The largest absolute Gasteiger partial charge is 0.481 e. The SMILES string of the molecule is CC[C@H](C)[C@H](N)C(=O)N[C@@H](CC(C)C)C(=O)NCC(=O)N[C@@H](CCCN=C(N)N)C(=O)N[C@@H](CC(=O)O)C(=O)N[C@H](C(=O)N[C@@H](C)C(=O)O)C(C)C. The number of carboxylic acid groups (broad SMARTS) is 2. The van der Waals surface area contributed by atoms with Gasteiger partial charge in [-0.2, -0.15) is 0 Å². The van der Waals surface area contributed by atoms with Crippen molar-refractivity contribution in [1.29, 1.82) is 0 Å². The lowest BCUT2D eigenvalue weighted by Gasteiger charge is -2.27. The van der Waals surface area contributed by atoms with E-state index in [9.17, 15) is 43.5 Å². The summed E-state index contributed by atoms with van der Waals surface area (Å²) in [4.78, 5) is 105. The number of aliphatic imine (C=N–C) groups is 1. The van der Waals surface area contributed by atoms with Crippen molar-refractivity contribution in [3.05, 3.63) is 0 Å². The zero-order chi connectivity index (χ0) is 40.3. The molecule has 0 aliphatic rings. The third-order valence-electron chi connectivity index (χ3n) is 7.91. The fourth-order valence-corrected chi connectivity index (χ4v) is 4.60. The zero-order valence-electron chi connectivity index (χ0n) is 31.0. The van der Waals surface area contributed by atoms with E-state index in [2.05, 4.69) is 36.9 Å². The lowest BCUT2D eigenvalue weighted by molar-refractivity contribution is -0.143. The van der Waals surface area contributed by atoms with Crippen LogP contribution < -0.4 is 49.1 Å². The minimum absolute atomic E-state index is 0.0163. The average molecular weight is 743 g/mol. The number of nitrogens with two attached hydrogens (primary N) is 3. The molecule has 6 amide bonds. The maximum absolute atomic E-state index is 13.4. The van der Waals surface area contributed by atoms with Crippen LogP contribution in [0.2, 0.25) is 0 Å². The molecule has 0 aromatic heterocycles. The molecule has 296 valence electrons. The third-order valence-corrected chi connectivity index (χ3v) is 7.91. The van der Waals surface area contributed by atoms with Gasteiger partial charge in [-0.15, -0.1) is 0 Å². The van der Waals surface area contributed by atoms with Gasteiger partial charge in [-0.3, -0.25) is 43.3 Å². The minimum atomic E-state index is -1.73. The molecule has 20 heteroatoms. The summed E-state index contributed by atoms with van der Waals surface area (Å²) in [6.45, 7) is 11.1. The van der Waals surface area contributed by atoms with Crippen LogP contribution in [0.4, 0.5) is 0 Å². The highest BCUT2D eigenvalue weighted by atomic mass is 16.4. The molecule has 0 unspecified atom stereocenters. The van der Waals surface area contributed by atoms with E-state index in [1.807, 2.05) is 20.8 Å². The van der Waals surface area contributed by atoms with Gasteiger partial charge in [0, 0.05) is 6.54 Å². The Hall–Kier alpha value is -5.01. The van der Waals surface area contributed by atoms with Gasteiger partial charge in [0.1, 0.15) is 30.2 Å². The van der Waals surface area contributed by atoms with Crippen LogP contribution >= 0.6 is 0 Å². The van der Waals surface area contributed by atoms with E-state index >= 15 is 0 Å². The molecule has 0 rings (SSSR count). The van der Waals surface area contributed by atoms with Crippen molar-refractivity contribution in [2.24, 2.45) is 39.9 Å². The van der Waals surface area contributed by atoms with Crippen LogP contribution in [0.3, 0.4) is 0 Å². The predicted octanol–water partition coefficient (Wildman–Crippen LogP) is -2.77. The maximum atomic E-state index is 13.4. The van der Waals surface area contributed by atoms with Crippen molar-refractivity contribution in [1.82, 2.24) is 31.9 Å². The monoisotopic (exact) mass is 742 g/mol. The Balaban J connectivity index is 5.97. The van der Waals surface area contributed by atoms with Gasteiger partial charge >= 0.3 is 11.9 Å². The summed E-state index contributed by atoms with van der Waals surface area (Å²) in [6, 6.07) is -7.54. The number of amides is 6. The molecule has 0 bridgehead atoms. The maximum Gasteiger partial charge on any atom is 0.325 e. The smallest absolute Gasteiger partial charge is 0.325 e. The van der Waals surface area contributed by atoms with Crippen molar-refractivity contribution >= 4 is 53.3 Å². The van der Waals surface area contributed by atoms with Gasteiger partial charge in [-0.1, -0.05) is 48.0 Å². The Morgan fingerprint density at radius 2 is 1.29 bits per heavy atom. The van der Waals surface area contributed by atoms with Gasteiger partial charge in [0.2, 0.25) is 35.4 Å². The molecule has 0 saturated carbocycles. The first kappa shape index (κ1) is 47.0. The number of nitrogens with one attached hydrogen (secondary N) is 6. The number of nitrogens with zero attached hydrogens (tertiary/aromatic N) is 1. The molecule has 0 fully saturated rings. The molecule has 0 heterocycles. The van der Waals surface area contributed by atoms with E-state index in [1.165, 1.54) is 6.92 Å². The highest BCUT2D eigenvalue weighted by Crippen LogP contribution is 2.10. The van der Waals surface area contributed by atoms with E-state index in [-0.39, 0.29) is 43.6 Å². The Morgan fingerprint density at radius 1 is 0.712 bits per heavy atom. The molecule has 0 aliphatic heterocycles. The van der Waals surface area contributed by atoms with Gasteiger partial charge in [0.05, 0.1) is 19.0 Å². The summed E-state index contributed by atoms with van der Waals surface area (Å²) < 4.78 is 0. The highest BCUT2D eigenvalue weighted by molar-refractivity contribution is 5.97. The van der Waals surface area contributed by atoms with Gasteiger partial charge < -0.3 is 59.3 Å². The zero-order valence-corrected chi connectivity index (χ0v) is 31.0. The van der Waals surface area contributed by atoms with Gasteiger partial charge in [-0.25, -0.2) is 0 Å². The van der Waals surface area contributed by atoms with Crippen molar-refractivity contribution < 1.29 is 48.6 Å². The minimum Gasteiger partial charge on any atom is -0.481 e. The molecule has 0 aromatic carbocycles. The summed E-state index contributed by atoms with van der Waals surface area (Å²) in [5, 5.41) is 33.0. The molecule has 0 saturated heterocycles. The lowest BCUT2D eigenvalue weighted by Crippen LogP contribution is -2.59. The van der Waals surface area contributed by atoms with Gasteiger partial charge in [-0.05, 0) is 43.9 Å². The molecule has 0 aliphatic carbocycles. The Labute approximate surface area is 303 Å². The number of aliphatic carboxylic acids is 2. The molecule has 14 N–H and O–H groups in total. The topological polar surface area (TPSA) is 340 Å². The highest BCUT2D eigenvalue weighted by Gasteiger charge is 2.33.